The third-order valence-corrected chi connectivity index (χ3v) is 3.57. The second kappa shape index (κ2) is 4.51. The largest absolute Gasteiger partial charge is 0.496 e. The van der Waals surface area contributed by atoms with Gasteiger partial charge >= 0.3 is 0 Å². The molecule has 2 rings (SSSR count). The summed E-state index contributed by atoms with van der Waals surface area (Å²) in [5, 5.41) is 0. The van der Waals surface area contributed by atoms with Gasteiger partial charge in [-0.05, 0) is 53.6 Å². The summed E-state index contributed by atoms with van der Waals surface area (Å²) in [5.74, 6) is 1.18. The van der Waals surface area contributed by atoms with E-state index in [9.17, 15) is 4.79 Å². The lowest BCUT2D eigenvalue weighted by atomic mass is 9.80. The molecule has 0 aromatic heterocycles. The number of hydrogen-bond donors (Lipinski definition) is 0. The molecule has 0 saturated heterocycles. The molecule has 0 N–H and O–H groups in total. The lowest BCUT2D eigenvalue weighted by Crippen LogP contribution is -2.22. The van der Waals surface area contributed by atoms with E-state index in [-0.39, 0.29) is 11.7 Å². The molecule has 0 amide bonds. The van der Waals surface area contributed by atoms with E-state index in [1.54, 1.807) is 7.11 Å². The number of benzene rings is 1. The smallest absolute Gasteiger partial charge is 0.169 e. The van der Waals surface area contributed by atoms with Crippen LogP contribution in [-0.4, -0.2) is 12.9 Å². The van der Waals surface area contributed by atoms with Crippen molar-refractivity contribution in [1.29, 1.82) is 0 Å². The number of carbonyl (C=O) groups is 1. The van der Waals surface area contributed by atoms with E-state index in [2.05, 4.69) is 22.6 Å². The first kappa shape index (κ1) is 10.9. The van der Waals surface area contributed by atoms with E-state index in [1.165, 1.54) is 6.42 Å². The zero-order chi connectivity index (χ0) is 10.8. The Labute approximate surface area is 103 Å². The predicted molar refractivity (Wildman–Crippen MR) is 67.4 cm³/mol. The number of ether oxygens (including phenoxy) is 1. The molecule has 1 aliphatic rings. The summed E-state index contributed by atoms with van der Waals surface area (Å²) in [6.07, 6.45) is 3.25. The summed E-state index contributed by atoms with van der Waals surface area (Å²) in [4.78, 5) is 12.1. The Kier molecular flexibility index (Phi) is 3.29. The molecule has 0 aliphatic heterocycles. The highest BCUT2D eigenvalue weighted by molar-refractivity contribution is 14.1. The van der Waals surface area contributed by atoms with Crippen LogP contribution >= 0.6 is 22.6 Å². The van der Waals surface area contributed by atoms with Crippen LogP contribution < -0.4 is 4.74 Å². The van der Waals surface area contributed by atoms with Crippen molar-refractivity contribution >= 4 is 28.4 Å². The molecular formula is C12H13IO2. The van der Waals surface area contributed by atoms with E-state index in [0.717, 1.165) is 22.0 Å². The number of hydrogen-bond acceptors (Lipinski definition) is 2. The topological polar surface area (TPSA) is 26.3 Å². The van der Waals surface area contributed by atoms with Crippen molar-refractivity contribution in [2.45, 2.75) is 19.3 Å². The van der Waals surface area contributed by atoms with Crippen molar-refractivity contribution in [2.75, 3.05) is 7.11 Å². The molecule has 15 heavy (non-hydrogen) atoms. The van der Waals surface area contributed by atoms with Gasteiger partial charge < -0.3 is 4.74 Å². The maximum absolute atomic E-state index is 12.1. The molecule has 0 atom stereocenters. The number of halogens is 1. The van der Waals surface area contributed by atoms with Crippen LogP contribution in [0.3, 0.4) is 0 Å². The SMILES string of the molecule is COc1ccc(I)cc1C(=O)C1CCC1. The standard InChI is InChI=1S/C12H13IO2/c1-15-11-6-5-9(13)7-10(11)12(14)8-3-2-4-8/h5-8H,2-4H2,1H3. The molecular weight excluding hydrogens is 303 g/mol. The molecule has 2 nitrogen and oxygen atoms in total. The van der Waals surface area contributed by atoms with Gasteiger partial charge in [0.15, 0.2) is 5.78 Å². The first-order chi connectivity index (χ1) is 7.22. The average molecular weight is 316 g/mol. The van der Waals surface area contributed by atoms with Crippen LogP contribution in [-0.2, 0) is 0 Å². The highest BCUT2D eigenvalue weighted by Crippen LogP contribution is 2.33. The fourth-order valence-corrected chi connectivity index (χ4v) is 2.25. The molecule has 1 aromatic rings. The fourth-order valence-electron chi connectivity index (χ4n) is 1.76. The number of ketones is 1. The van der Waals surface area contributed by atoms with E-state index < -0.39 is 0 Å². The Bertz CT molecular complexity index is 383. The zero-order valence-electron chi connectivity index (χ0n) is 8.63. The van der Waals surface area contributed by atoms with Crippen LogP contribution in [0, 0.1) is 9.49 Å². The molecule has 0 radical (unpaired) electrons. The normalized spacial score (nSPS) is 15.9. The molecule has 0 heterocycles. The highest BCUT2D eigenvalue weighted by atomic mass is 127. The van der Waals surface area contributed by atoms with Gasteiger partial charge in [0.2, 0.25) is 0 Å². The van der Waals surface area contributed by atoms with Gasteiger partial charge in [0.25, 0.3) is 0 Å². The summed E-state index contributed by atoms with van der Waals surface area (Å²) in [6, 6.07) is 5.74. The van der Waals surface area contributed by atoms with Crippen LogP contribution in [0.2, 0.25) is 0 Å². The molecule has 1 aliphatic carbocycles. The first-order valence-electron chi connectivity index (χ1n) is 5.10. The van der Waals surface area contributed by atoms with Gasteiger partial charge in [0.05, 0.1) is 12.7 Å². The first-order valence-corrected chi connectivity index (χ1v) is 6.18. The Balaban J connectivity index is 2.31. The molecule has 0 unspecified atom stereocenters. The van der Waals surface area contributed by atoms with Crippen LogP contribution in [0.1, 0.15) is 29.6 Å². The summed E-state index contributed by atoms with van der Waals surface area (Å²) in [6.45, 7) is 0. The molecule has 1 saturated carbocycles. The van der Waals surface area contributed by atoms with E-state index in [0.29, 0.717) is 5.75 Å². The summed E-state index contributed by atoms with van der Waals surface area (Å²) < 4.78 is 6.30. The summed E-state index contributed by atoms with van der Waals surface area (Å²) >= 11 is 2.22. The number of Topliss-reactive ketones (excluding diaryl/α,β-unsaturated/α-hetero) is 1. The van der Waals surface area contributed by atoms with Gasteiger partial charge in [0, 0.05) is 9.49 Å². The van der Waals surface area contributed by atoms with Crippen LogP contribution in [0.15, 0.2) is 18.2 Å². The van der Waals surface area contributed by atoms with E-state index >= 15 is 0 Å². The minimum Gasteiger partial charge on any atom is -0.496 e. The highest BCUT2D eigenvalue weighted by Gasteiger charge is 2.28. The maximum Gasteiger partial charge on any atom is 0.169 e. The quantitative estimate of drug-likeness (QED) is 0.632. The Morgan fingerprint density at radius 3 is 2.73 bits per heavy atom. The number of methoxy groups -OCH3 is 1. The van der Waals surface area contributed by atoms with Gasteiger partial charge in [-0.15, -0.1) is 0 Å². The van der Waals surface area contributed by atoms with Gasteiger partial charge in [-0.3, -0.25) is 4.79 Å². The van der Waals surface area contributed by atoms with Crippen molar-refractivity contribution in [3.05, 3.63) is 27.3 Å². The van der Waals surface area contributed by atoms with Gasteiger partial charge in [0.1, 0.15) is 5.75 Å². The van der Waals surface area contributed by atoms with Crippen LogP contribution in [0.25, 0.3) is 0 Å². The average Bonchev–Trinajstić information content (AvgIpc) is 2.15. The monoisotopic (exact) mass is 316 g/mol. The summed E-state index contributed by atoms with van der Waals surface area (Å²) in [5.41, 5.74) is 0.745. The molecule has 80 valence electrons. The maximum atomic E-state index is 12.1. The number of carbonyl (C=O) groups excluding carboxylic acids is 1. The second-order valence-electron chi connectivity index (χ2n) is 3.84. The van der Waals surface area contributed by atoms with Crippen molar-refractivity contribution in [3.63, 3.8) is 0 Å². The lowest BCUT2D eigenvalue weighted by molar-refractivity contribution is 0.0852. The molecule has 0 spiro atoms. The van der Waals surface area contributed by atoms with Crippen molar-refractivity contribution in [3.8, 4) is 5.75 Å². The van der Waals surface area contributed by atoms with E-state index in [4.69, 9.17) is 4.74 Å². The molecule has 1 fully saturated rings. The van der Waals surface area contributed by atoms with Gasteiger partial charge in [-0.1, -0.05) is 6.42 Å². The predicted octanol–water partition coefficient (Wildman–Crippen LogP) is 3.28. The Hall–Kier alpha value is -0.580. The van der Waals surface area contributed by atoms with Crippen molar-refractivity contribution in [1.82, 2.24) is 0 Å². The van der Waals surface area contributed by atoms with Crippen LogP contribution in [0.4, 0.5) is 0 Å². The van der Waals surface area contributed by atoms with Crippen molar-refractivity contribution < 1.29 is 9.53 Å². The minimum absolute atomic E-state index is 0.233. The Morgan fingerprint density at radius 2 is 2.20 bits per heavy atom. The number of rotatable bonds is 3. The molecule has 3 heteroatoms. The second-order valence-corrected chi connectivity index (χ2v) is 5.08. The van der Waals surface area contributed by atoms with Gasteiger partial charge in [-0.25, -0.2) is 0 Å². The van der Waals surface area contributed by atoms with Crippen LogP contribution in [0.5, 0.6) is 5.75 Å². The molecule has 1 aromatic carbocycles. The fraction of sp³-hybridized carbons (Fsp3) is 0.417. The summed E-state index contributed by atoms with van der Waals surface area (Å²) in [7, 11) is 1.61. The molecule has 0 bridgehead atoms. The minimum atomic E-state index is 0.233. The zero-order valence-corrected chi connectivity index (χ0v) is 10.8. The third kappa shape index (κ3) is 2.17. The van der Waals surface area contributed by atoms with E-state index in [1.807, 2.05) is 18.2 Å². The lowest BCUT2D eigenvalue weighted by Gasteiger charge is -2.24. The van der Waals surface area contributed by atoms with Gasteiger partial charge in [-0.2, -0.15) is 0 Å². The third-order valence-electron chi connectivity index (χ3n) is 2.90. The Morgan fingerprint density at radius 1 is 1.47 bits per heavy atom. The van der Waals surface area contributed by atoms with Crippen molar-refractivity contribution in [2.24, 2.45) is 5.92 Å².